The standard InChI is InChI=1S/C14H17N5O2/c1-10-7-18(14(21)17-13(10)20)8-11(15)9-19(16)12-5-3-2-4-6-12/h2-7,9H,8,15-16H2,1H3,(H,17,20,21)/b11-9-. The first kappa shape index (κ1) is 14.6. The molecule has 2 aromatic rings. The Bertz CT molecular complexity index is 761. The zero-order valence-corrected chi connectivity index (χ0v) is 11.6. The lowest BCUT2D eigenvalue weighted by Gasteiger charge is -2.15. The van der Waals surface area contributed by atoms with Crippen molar-refractivity contribution in [1.29, 1.82) is 0 Å². The van der Waals surface area contributed by atoms with Gasteiger partial charge < -0.3 is 5.73 Å². The van der Waals surface area contributed by atoms with Crippen molar-refractivity contribution in [2.75, 3.05) is 5.01 Å². The lowest BCUT2D eigenvalue weighted by Crippen LogP contribution is -2.33. The first-order chi connectivity index (χ1) is 9.97. The summed E-state index contributed by atoms with van der Waals surface area (Å²) in [6.07, 6.45) is 2.99. The molecule has 21 heavy (non-hydrogen) atoms. The second-order valence-electron chi connectivity index (χ2n) is 4.65. The monoisotopic (exact) mass is 287 g/mol. The molecule has 1 aromatic carbocycles. The number of aryl methyl sites for hydroxylation is 1. The number of aromatic amines is 1. The van der Waals surface area contributed by atoms with Crippen molar-refractivity contribution in [2.45, 2.75) is 13.5 Å². The molecule has 1 heterocycles. The van der Waals surface area contributed by atoms with Gasteiger partial charge in [-0.15, -0.1) is 0 Å². The van der Waals surface area contributed by atoms with E-state index in [1.807, 2.05) is 30.3 Å². The molecular formula is C14H17N5O2. The van der Waals surface area contributed by atoms with Gasteiger partial charge in [-0.3, -0.25) is 19.4 Å². The molecule has 0 aliphatic carbocycles. The molecule has 2 rings (SSSR count). The van der Waals surface area contributed by atoms with Gasteiger partial charge in [0.1, 0.15) is 0 Å². The van der Waals surface area contributed by atoms with Crippen LogP contribution in [0.2, 0.25) is 0 Å². The highest BCUT2D eigenvalue weighted by Crippen LogP contribution is 2.10. The molecule has 0 spiro atoms. The zero-order valence-electron chi connectivity index (χ0n) is 11.6. The number of rotatable bonds is 4. The molecule has 0 aliphatic rings. The second-order valence-corrected chi connectivity index (χ2v) is 4.65. The van der Waals surface area contributed by atoms with Crippen molar-refractivity contribution in [3.05, 3.63) is 74.8 Å². The zero-order chi connectivity index (χ0) is 15.4. The lowest BCUT2D eigenvalue weighted by atomic mass is 10.3. The van der Waals surface area contributed by atoms with Gasteiger partial charge in [-0.25, -0.2) is 10.6 Å². The number of nitrogens with two attached hydrogens (primary N) is 2. The van der Waals surface area contributed by atoms with Gasteiger partial charge in [-0.1, -0.05) is 18.2 Å². The first-order valence-corrected chi connectivity index (χ1v) is 6.33. The van der Waals surface area contributed by atoms with Gasteiger partial charge in [0, 0.05) is 23.7 Å². The summed E-state index contributed by atoms with van der Waals surface area (Å²) in [6, 6.07) is 9.26. The minimum atomic E-state index is -0.509. The van der Waals surface area contributed by atoms with E-state index in [2.05, 4.69) is 4.98 Å². The minimum Gasteiger partial charge on any atom is -0.399 e. The van der Waals surface area contributed by atoms with Crippen LogP contribution in [0.3, 0.4) is 0 Å². The summed E-state index contributed by atoms with van der Waals surface area (Å²) in [7, 11) is 0. The van der Waals surface area contributed by atoms with Crippen molar-refractivity contribution in [1.82, 2.24) is 9.55 Å². The molecule has 0 saturated heterocycles. The third-order valence-corrected chi connectivity index (χ3v) is 2.90. The molecule has 0 fully saturated rings. The van der Waals surface area contributed by atoms with E-state index in [0.717, 1.165) is 5.69 Å². The van der Waals surface area contributed by atoms with Crippen molar-refractivity contribution < 1.29 is 0 Å². The van der Waals surface area contributed by atoms with Crippen molar-refractivity contribution in [3.8, 4) is 0 Å². The molecule has 0 saturated carbocycles. The van der Waals surface area contributed by atoms with Crippen LogP contribution in [-0.4, -0.2) is 9.55 Å². The van der Waals surface area contributed by atoms with E-state index < -0.39 is 11.2 Å². The molecule has 0 amide bonds. The summed E-state index contributed by atoms with van der Waals surface area (Å²) in [6.45, 7) is 1.75. The molecule has 0 radical (unpaired) electrons. The van der Waals surface area contributed by atoms with Crippen LogP contribution in [0.4, 0.5) is 5.69 Å². The van der Waals surface area contributed by atoms with Crippen LogP contribution in [0.5, 0.6) is 0 Å². The number of anilines is 1. The van der Waals surface area contributed by atoms with Crippen LogP contribution in [0.15, 0.2) is 58.0 Å². The number of hydrazine groups is 1. The largest absolute Gasteiger partial charge is 0.399 e. The average Bonchev–Trinajstić information content (AvgIpc) is 2.45. The van der Waals surface area contributed by atoms with Gasteiger partial charge in [0.15, 0.2) is 0 Å². The van der Waals surface area contributed by atoms with E-state index in [1.165, 1.54) is 22.0 Å². The normalized spacial score (nSPS) is 11.4. The summed E-state index contributed by atoms with van der Waals surface area (Å²) < 4.78 is 1.32. The Hall–Kier alpha value is -2.80. The van der Waals surface area contributed by atoms with Crippen LogP contribution in [0.1, 0.15) is 5.56 Å². The highest BCUT2D eigenvalue weighted by atomic mass is 16.2. The van der Waals surface area contributed by atoms with E-state index in [4.69, 9.17) is 11.6 Å². The van der Waals surface area contributed by atoms with Crippen LogP contribution in [-0.2, 0) is 6.54 Å². The first-order valence-electron chi connectivity index (χ1n) is 6.33. The van der Waals surface area contributed by atoms with Gasteiger partial charge >= 0.3 is 5.69 Å². The highest BCUT2D eigenvalue weighted by molar-refractivity contribution is 5.47. The van der Waals surface area contributed by atoms with Crippen molar-refractivity contribution >= 4 is 5.69 Å². The van der Waals surface area contributed by atoms with E-state index in [0.29, 0.717) is 11.3 Å². The maximum absolute atomic E-state index is 11.7. The van der Waals surface area contributed by atoms with Crippen molar-refractivity contribution in [2.24, 2.45) is 11.6 Å². The number of allylic oxidation sites excluding steroid dienone is 1. The smallest absolute Gasteiger partial charge is 0.328 e. The number of hydrogen-bond donors (Lipinski definition) is 3. The van der Waals surface area contributed by atoms with E-state index in [1.54, 1.807) is 6.92 Å². The number of nitrogens with one attached hydrogen (secondary N) is 1. The van der Waals surface area contributed by atoms with E-state index in [9.17, 15) is 9.59 Å². The number of H-pyrrole nitrogens is 1. The number of hydrogen-bond acceptors (Lipinski definition) is 5. The predicted octanol–water partition coefficient (Wildman–Crippen LogP) is 0.0254. The number of nitrogens with zero attached hydrogens (tertiary/aromatic N) is 2. The van der Waals surface area contributed by atoms with E-state index >= 15 is 0 Å². The SMILES string of the molecule is Cc1cn(C/C(N)=C/N(N)c2ccccc2)c(=O)[nH]c1=O. The Kier molecular flexibility index (Phi) is 4.24. The average molecular weight is 287 g/mol. The molecule has 7 nitrogen and oxygen atoms in total. The summed E-state index contributed by atoms with van der Waals surface area (Å²) >= 11 is 0. The van der Waals surface area contributed by atoms with E-state index in [-0.39, 0.29) is 6.54 Å². The van der Waals surface area contributed by atoms with Crippen LogP contribution in [0.25, 0.3) is 0 Å². The van der Waals surface area contributed by atoms with Crippen LogP contribution < -0.4 is 27.8 Å². The summed E-state index contributed by atoms with van der Waals surface area (Å²) in [5.74, 6) is 5.87. The van der Waals surface area contributed by atoms with Crippen molar-refractivity contribution in [3.63, 3.8) is 0 Å². The fraction of sp³-hybridized carbons (Fsp3) is 0.143. The van der Waals surface area contributed by atoms with Gasteiger partial charge in [0.25, 0.3) is 5.56 Å². The Morgan fingerprint density at radius 2 is 2.00 bits per heavy atom. The minimum absolute atomic E-state index is 0.136. The summed E-state index contributed by atoms with van der Waals surface area (Å²) in [5, 5.41) is 1.37. The maximum Gasteiger partial charge on any atom is 0.328 e. The van der Waals surface area contributed by atoms with Crippen LogP contribution in [0, 0.1) is 6.92 Å². The molecule has 0 atom stereocenters. The summed E-state index contributed by atoms with van der Waals surface area (Å²) in [5.41, 5.74) is 6.57. The molecule has 110 valence electrons. The molecule has 0 aliphatic heterocycles. The molecular weight excluding hydrogens is 270 g/mol. The predicted molar refractivity (Wildman–Crippen MR) is 81.4 cm³/mol. The third-order valence-electron chi connectivity index (χ3n) is 2.90. The molecule has 1 aromatic heterocycles. The Balaban J connectivity index is 2.20. The fourth-order valence-electron chi connectivity index (χ4n) is 1.83. The fourth-order valence-corrected chi connectivity index (χ4v) is 1.83. The van der Waals surface area contributed by atoms with Crippen LogP contribution >= 0.6 is 0 Å². The Labute approximate surface area is 121 Å². The van der Waals surface area contributed by atoms with Gasteiger partial charge in [0.2, 0.25) is 0 Å². The number of para-hydroxylation sites is 1. The van der Waals surface area contributed by atoms with Gasteiger partial charge in [0.05, 0.1) is 12.2 Å². The molecule has 7 heteroatoms. The quantitative estimate of drug-likeness (QED) is 0.542. The maximum atomic E-state index is 11.7. The topological polar surface area (TPSA) is 110 Å². The number of benzene rings is 1. The lowest BCUT2D eigenvalue weighted by molar-refractivity contribution is 0.695. The molecule has 0 unspecified atom stereocenters. The Morgan fingerprint density at radius 1 is 1.33 bits per heavy atom. The highest BCUT2D eigenvalue weighted by Gasteiger charge is 2.03. The number of aromatic nitrogens is 2. The van der Waals surface area contributed by atoms with Gasteiger partial charge in [-0.2, -0.15) is 0 Å². The third kappa shape index (κ3) is 3.61. The second kappa shape index (κ2) is 6.10. The molecule has 5 N–H and O–H groups in total. The van der Waals surface area contributed by atoms with Gasteiger partial charge in [-0.05, 0) is 19.1 Å². The Morgan fingerprint density at radius 3 is 2.67 bits per heavy atom. The summed E-state index contributed by atoms with van der Waals surface area (Å²) in [4.78, 5) is 25.2. The molecule has 0 bridgehead atoms.